The minimum atomic E-state index is -2.69. The van der Waals surface area contributed by atoms with E-state index in [2.05, 4.69) is 10.2 Å². The van der Waals surface area contributed by atoms with E-state index >= 15 is 0 Å². The molecule has 3 rings (SSSR count). The zero-order valence-corrected chi connectivity index (χ0v) is 21.5. The second-order valence-electron chi connectivity index (χ2n) is 9.72. The summed E-state index contributed by atoms with van der Waals surface area (Å²) in [6.45, 7) is 8.89. The number of aryl methyl sites for hydroxylation is 1. The molecule has 7 nitrogen and oxygen atoms in total. The van der Waals surface area contributed by atoms with E-state index in [1.165, 1.54) is 30.0 Å². The Kier molecular flexibility index (Phi) is 8.43. The summed E-state index contributed by atoms with van der Waals surface area (Å²) in [6.07, 6.45) is 1.87. The molecule has 2 unspecified atom stereocenters. The third kappa shape index (κ3) is 6.25. The summed E-state index contributed by atoms with van der Waals surface area (Å²) in [7, 11) is 1.49. The second-order valence-corrected chi connectivity index (χ2v) is 9.72. The molecule has 0 saturated heterocycles. The van der Waals surface area contributed by atoms with Crippen LogP contribution in [0, 0.1) is 0 Å². The Labute approximate surface area is 209 Å². The maximum atomic E-state index is 13.2. The van der Waals surface area contributed by atoms with Crippen molar-refractivity contribution in [3.63, 3.8) is 0 Å². The van der Waals surface area contributed by atoms with E-state index in [0.717, 1.165) is 17.5 Å². The van der Waals surface area contributed by atoms with Gasteiger partial charge in [-0.05, 0) is 63.6 Å². The van der Waals surface area contributed by atoms with Gasteiger partial charge in [-0.3, -0.25) is 9.36 Å². The van der Waals surface area contributed by atoms with Gasteiger partial charge in [0.25, 0.3) is 12.0 Å². The number of azo groups is 1. The Morgan fingerprint density at radius 1 is 1.22 bits per heavy atom. The van der Waals surface area contributed by atoms with Gasteiger partial charge < -0.3 is 9.47 Å². The van der Waals surface area contributed by atoms with Crippen molar-refractivity contribution in [3.8, 4) is 16.9 Å². The summed E-state index contributed by atoms with van der Waals surface area (Å²) < 4.78 is 38.7. The number of pyridine rings is 1. The molecule has 0 radical (unpaired) electrons. The average molecular weight is 502 g/mol. The number of esters is 1. The predicted molar refractivity (Wildman–Crippen MR) is 134 cm³/mol. The first kappa shape index (κ1) is 27.2. The number of halogens is 2. The number of benzene rings is 1. The number of hydrogen-bond donors (Lipinski definition) is 0. The molecule has 9 heteroatoms. The second kappa shape index (κ2) is 11.1. The number of allylic oxidation sites excluding steroid dienone is 2. The van der Waals surface area contributed by atoms with Gasteiger partial charge in [-0.25, -0.2) is 13.6 Å². The molecular weight excluding hydrogens is 468 g/mol. The third-order valence-electron chi connectivity index (χ3n) is 5.93. The van der Waals surface area contributed by atoms with Crippen molar-refractivity contribution in [2.24, 2.45) is 10.2 Å². The Hall–Kier alpha value is -3.36. The van der Waals surface area contributed by atoms with E-state index in [0.29, 0.717) is 29.7 Å². The van der Waals surface area contributed by atoms with Crippen LogP contribution in [0.1, 0.15) is 70.7 Å². The van der Waals surface area contributed by atoms with Crippen LogP contribution in [0.5, 0.6) is 5.75 Å². The lowest BCUT2D eigenvalue weighted by Crippen LogP contribution is -2.33. The maximum Gasteiger partial charge on any atom is 0.329 e. The third-order valence-corrected chi connectivity index (χ3v) is 5.93. The molecule has 194 valence electrons. The fourth-order valence-electron chi connectivity index (χ4n) is 4.03. The molecule has 2 aromatic rings. The van der Waals surface area contributed by atoms with Crippen LogP contribution >= 0.6 is 0 Å². The Balaban J connectivity index is 2.10. The highest BCUT2D eigenvalue weighted by Gasteiger charge is 2.26. The molecule has 1 aliphatic heterocycles. The topological polar surface area (TPSA) is 82.2 Å². The summed E-state index contributed by atoms with van der Waals surface area (Å²) in [5.41, 5.74) is 1.60. The molecule has 0 bridgehead atoms. The zero-order chi connectivity index (χ0) is 26.6. The quantitative estimate of drug-likeness (QED) is 0.410. The van der Waals surface area contributed by atoms with Crippen LogP contribution in [0.3, 0.4) is 0 Å². The van der Waals surface area contributed by atoms with Gasteiger partial charge in [0.15, 0.2) is 0 Å². The van der Waals surface area contributed by atoms with Gasteiger partial charge in [0, 0.05) is 11.6 Å². The summed E-state index contributed by atoms with van der Waals surface area (Å²) in [5, 5.41) is 8.00. The lowest BCUT2D eigenvalue weighted by atomic mass is 9.90. The highest BCUT2D eigenvalue weighted by molar-refractivity contribution is 5.76. The highest BCUT2D eigenvalue weighted by atomic mass is 19.3. The maximum absolute atomic E-state index is 13.2. The van der Waals surface area contributed by atoms with E-state index in [9.17, 15) is 18.4 Å². The number of carbonyl (C=O) groups is 1. The van der Waals surface area contributed by atoms with Crippen LogP contribution in [0.4, 0.5) is 8.78 Å². The molecule has 1 aromatic heterocycles. The number of rotatable bonds is 7. The molecule has 0 saturated carbocycles. The fraction of sp³-hybridized carbons (Fsp3) is 0.481. The van der Waals surface area contributed by atoms with Gasteiger partial charge >= 0.3 is 5.97 Å². The van der Waals surface area contributed by atoms with Gasteiger partial charge in [0.2, 0.25) is 0 Å². The molecule has 2 heterocycles. The van der Waals surface area contributed by atoms with Gasteiger partial charge in [-0.15, -0.1) is 0 Å². The largest absolute Gasteiger partial charge is 0.495 e. The van der Waals surface area contributed by atoms with Crippen molar-refractivity contribution >= 4 is 5.97 Å². The SMILES string of the molecule is CCc1ccc(C2CCC=C(C(F)F)N=N2)c(-c2cc(=O)n(C(C)C(=O)OC(C)(C)C)cc2OC)c1. The number of carbonyl (C=O) groups excluding carboxylic acids is 1. The van der Waals surface area contributed by atoms with Gasteiger partial charge in [-0.1, -0.05) is 31.2 Å². The van der Waals surface area contributed by atoms with Gasteiger partial charge in [0.05, 0.1) is 19.3 Å². The Morgan fingerprint density at radius 2 is 1.94 bits per heavy atom. The van der Waals surface area contributed by atoms with Crippen LogP contribution < -0.4 is 10.3 Å². The molecule has 0 N–H and O–H groups in total. The monoisotopic (exact) mass is 501 g/mol. The first-order valence-electron chi connectivity index (χ1n) is 12.0. The summed E-state index contributed by atoms with van der Waals surface area (Å²) in [4.78, 5) is 25.8. The first-order valence-corrected chi connectivity index (χ1v) is 12.0. The summed E-state index contributed by atoms with van der Waals surface area (Å²) in [5.74, 6) is -0.147. The Morgan fingerprint density at radius 3 is 2.56 bits per heavy atom. The normalized spacial score (nSPS) is 16.9. The highest BCUT2D eigenvalue weighted by Crippen LogP contribution is 2.39. The summed E-state index contributed by atoms with van der Waals surface area (Å²) >= 11 is 0. The molecular formula is C27H33F2N3O4. The zero-order valence-electron chi connectivity index (χ0n) is 21.5. The lowest BCUT2D eigenvalue weighted by molar-refractivity contribution is -0.158. The molecule has 36 heavy (non-hydrogen) atoms. The molecule has 0 fully saturated rings. The minimum Gasteiger partial charge on any atom is -0.495 e. The van der Waals surface area contributed by atoms with E-state index in [4.69, 9.17) is 9.47 Å². The summed E-state index contributed by atoms with van der Waals surface area (Å²) in [6, 6.07) is 5.91. The number of hydrogen-bond acceptors (Lipinski definition) is 6. The van der Waals surface area contributed by atoms with Crippen molar-refractivity contribution in [3.05, 3.63) is 63.7 Å². The van der Waals surface area contributed by atoms with Crippen LogP contribution in [-0.2, 0) is 16.0 Å². The number of ether oxygens (including phenoxy) is 2. The molecule has 2 atom stereocenters. The van der Waals surface area contributed by atoms with E-state index in [1.807, 2.05) is 25.1 Å². The minimum absolute atomic E-state index is 0.333. The van der Waals surface area contributed by atoms with E-state index in [1.54, 1.807) is 27.7 Å². The number of aromatic nitrogens is 1. The predicted octanol–water partition coefficient (Wildman–Crippen LogP) is 6.43. The molecule has 0 aliphatic carbocycles. The first-order chi connectivity index (χ1) is 16.9. The van der Waals surface area contributed by atoms with Gasteiger partial charge in [0.1, 0.15) is 23.1 Å². The van der Waals surface area contributed by atoms with Crippen molar-refractivity contribution < 1.29 is 23.0 Å². The molecule has 1 aromatic carbocycles. The molecule has 1 aliphatic rings. The van der Waals surface area contributed by atoms with Crippen molar-refractivity contribution in [2.75, 3.05) is 7.11 Å². The Bertz CT molecular complexity index is 1230. The smallest absolute Gasteiger partial charge is 0.329 e. The fourth-order valence-corrected chi connectivity index (χ4v) is 4.03. The van der Waals surface area contributed by atoms with E-state index < -0.39 is 35.6 Å². The number of nitrogens with zero attached hydrogens (tertiary/aromatic N) is 3. The van der Waals surface area contributed by atoms with Crippen molar-refractivity contribution in [1.82, 2.24) is 4.57 Å². The van der Waals surface area contributed by atoms with Crippen LogP contribution in [0.2, 0.25) is 0 Å². The van der Waals surface area contributed by atoms with Crippen LogP contribution in [0.15, 0.2) is 57.3 Å². The standard InChI is InChI=1S/C27H33F2N3O4/c1-7-17-11-12-18(21-9-8-10-22(25(28)29)31-30-21)19(13-17)20-14-24(33)32(15-23(20)35-6)16(2)26(34)36-27(3,4)5/h10-16,21,25H,7-9H2,1-6H3. The molecule has 0 amide bonds. The van der Waals surface area contributed by atoms with Crippen molar-refractivity contribution in [1.29, 1.82) is 0 Å². The van der Waals surface area contributed by atoms with Crippen LogP contribution in [0.25, 0.3) is 11.1 Å². The van der Waals surface area contributed by atoms with Crippen molar-refractivity contribution in [2.45, 2.75) is 78.0 Å². The van der Waals surface area contributed by atoms with Crippen LogP contribution in [-0.4, -0.2) is 29.7 Å². The average Bonchev–Trinajstić information content (AvgIpc) is 3.08. The number of methoxy groups -OCH3 is 1. The number of alkyl halides is 2. The lowest BCUT2D eigenvalue weighted by Gasteiger charge is -2.24. The molecule has 0 spiro atoms. The van der Waals surface area contributed by atoms with E-state index in [-0.39, 0.29) is 5.70 Å². The van der Waals surface area contributed by atoms with Gasteiger partial charge in [-0.2, -0.15) is 10.2 Å².